The van der Waals surface area contributed by atoms with Crippen LogP contribution in [0.15, 0.2) is 35.2 Å². The lowest BCUT2D eigenvalue weighted by atomic mass is 10.00. The van der Waals surface area contributed by atoms with E-state index in [0.29, 0.717) is 25.0 Å². The number of alkyl halides is 3. The molecule has 0 fully saturated rings. The van der Waals surface area contributed by atoms with E-state index in [1.54, 1.807) is 0 Å². The van der Waals surface area contributed by atoms with Crippen molar-refractivity contribution in [2.45, 2.75) is 23.2 Å². The maximum atomic E-state index is 14.3. The first-order valence-corrected chi connectivity index (χ1v) is 9.27. The van der Waals surface area contributed by atoms with Crippen molar-refractivity contribution in [3.05, 3.63) is 57.6 Å². The molecule has 0 atom stereocenters. The lowest BCUT2D eigenvalue weighted by Gasteiger charge is -2.31. The van der Waals surface area contributed by atoms with Gasteiger partial charge in [0.05, 0.1) is 15.5 Å². The molecular formula is C16H11F5N2O4S. The van der Waals surface area contributed by atoms with Crippen molar-refractivity contribution in [2.24, 2.45) is 0 Å². The fourth-order valence-corrected chi connectivity index (χ4v) is 3.85. The van der Waals surface area contributed by atoms with E-state index in [0.717, 1.165) is 17.0 Å². The van der Waals surface area contributed by atoms with E-state index in [1.807, 2.05) is 0 Å². The fourth-order valence-electron chi connectivity index (χ4n) is 3.07. The monoisotopic (exact) mass is 422 g/mol. The Hall–Kier alpha value is -2.76. The summed E-state index contributed by atoms with van der Waals surface area (Å²) in [4.78, 5) is 10.2. The van der Waals surface area contributed by atoms with Gasteiger partial charge in [-0.3, -0.25) is 10.1 Å². The summed E-state index contributed by atoms with van der Waals surface area (Å²) in [7, 11) is -5.80. The predicted molar refractivity (Wildman–Crippen MR) is 88.0 cm³/mol. The van der Waals surface area contributed by atoms with Crippen molar-refractivity contribution in [3.8, 4) is 0 Å². The molecule has 0 spiro atoms. The first-order chi connectivity index (χ1) is 12.9. The number of fused-ring (bicyclic) bond motifs is 1. The minimum absolute atomic E-state index is 0.0712. The van der Waals surface area contributed by atoms with Crippen LogP contribution in [0, 0.1) is 21.7 Å². The highest BCUT2D eigenvalue weighted by Crippen LogP contribution is 2.42. The SMILES string of the molecule is O=[N+]([O-])c1cc(S(=O)(=O)C(F)(F)F)ccc1N1CCCc2cc(F)cc(F)c21. The number of nitro benzene ring substituents is 1. The Morgan fingerprint density at radius 2 is 1.79 bits per heavy atom. The predicted octanol–water partition coefficient (Wildman–Crippen LogP) is 4.25. The summed E-state index contributed by atoms with van der Waals surface area (Å²) < 4.78 is 89.1. The summed E-state index contributed by atoms with van der Waals surface area (Å²) in [5, 5.41) is 11.4. The molecule has 2 aromatic carbocycles. The highest BCUT2D eigenvalue weighted by atomic mass is 32.2. The van der Waals surface area contributed by atoms with Crippen molar-refractivity contribution in [1.82, 2.24) is 0 Å². The van der Waals surface area contributed by atoms with Gasteiger partial charge in [-0.2, -0.15) is 13.2 Å². The Morgan fingerprint density at radius 3 is 2.39 bits per heavy atom. The topological polar surface area (TPSA) is 80.5 Å². The molecule has 0 N–H and O–H groups in total. The van der Waals surface area contributed by atoms with Crippen LogP contribution in [0.25, 0.3) is 0 Å². The van der Waals surface area contributed by atoms with Crippen LogP contribution in [0.4, 0.5) is 39.0 Å². The number of hydrogen-bond donors (Lipinski definition) is 0. The molecule has 28 heavy (non-hydrogen) atoms. The molecule has 0 radical (unpaired) electrons. The highest BCUT2D eigenvalue weighted by Gasteiger charge is 2.47. The summed E-state index contributed by atoms with van der Waals surface area (Å²) in [6, 6.07) is 3.33. The van der Waals surface area contributed by atoms with Crippen molar-refractivity contribution in [3.63, 3.8) is 0 Å². The van der Waals surface area contributed by atoms with E-state index < -0.39 is 42.5 Å². The van der Waals surface area contributed by atoms with Crippen LogP contribution in [-0.2, 0) is 16.3 Å². The number of sulfone groups is 1. The lowest BCUT2D eigenvalue weighted by Crippen LogP contribution is -2.27. The number of nitro groups is 1. The molecule has 3 rings (SSSR count). The molecule has 0 bridgehead atoms. The number of hydrogen-bond acceptors (Lipinski definition) is 5. The molecule has 0 unspecified atom stereocenters. The molecule has 0 amide bonds. The average Bonchev–Trinajstić information content (AvgIpc) is 2.59. The van der Waals surface area contributed by atoms with E-state index in [4.69, 9.17) is 0 Å². The molecule has 1 aliphatic heterocycles. The zero-order valence-corrected chi connectivity index (χ0v) is 14.7. The van der Waals surface area contributed by atoms with Crippen LogP contribution in [0.2, 0.25) is 0 Å². The third-order valence-corrected chi connectivity index (χ3v) is 5.74. The van der Waals surface area contributed by atoms with Crippen molar-refractivity contribution in [2.75, 3.05) is 11.4 Å². The third kappa shape index (κ3) is 3.28. The zero-order valence-electron chi connectivity index (χ0n) is 13.8. The molecular weight excluding hydrogens is 411 g/mol. The van der Waals surface area contributed by atoms with Gasteiger partial charge in [-0.1, -0.05) is 0 Å². The molecule has 0 saturated carbocycles. The number of benzene rings is 2. The van der Waals surface area contributed by atoms with E-state index in [9.17, 15) is 40.5 Å². The van der Waals surface area contributed by atoms with Crippen molar-refractivity contribution < 1.29 is 35.3 Å². The number of rotatable bonds is 3. The van der Waals surface area contributed by atoms with Crippen molar-refractivity contribution in [1.29, 1.82) is 0 Å². The van der Waals surface area contributed by atoms with E-state index >= 15 is 0 Å². The maximum absolute atomic E-state index is 14.3. The fraction of sp³-hybridized carbons (Fsp3) is 0.250. The molecule has 150 valence electrons. The van der Waals surface area contributed by atoms with Gasteiger partial charge in [0.1, 0.15) is 17.3 Å². The van der Waals surface area contributed by atoms with Gasteiger partial charge in [-0.25, -0.2) is 17.2 Å². The number of halogens is 5. The van der Waals surface area contributed by atoms with Gasteiger partial charge < -0.3 is 4.90 Å². The molecule has 0 aromatic heterocycles. The Labute approximate surface area is 155 Å². The second-order valence-electron chi connectivity index (χ2n) is 6.01. The van der Waals surface area contributed by atoms with Crippen LogP contribution in [-0.4, -0.2) is 25.4 Å². The molecule has 1 heterocycles. The number of anilines is 2. The van der Waals surface area contributed by atoms with Gasteiger partial charge >= 0.3 is 5.51 Å². The molecule has 12 heteroatoms. The first kappa shape index (κ1) is 20.0. The van der Waals surface area contributed by atoms with Gasteiger partial charge in [0.15, 0.2) is 0 Å². The van der Waals surface area contributed by atoms with Crippen LogP contribution in [0.3, 0.4) is 0 Å². The van der Waals surface area contributed by atoms with Gasteiger partial charge in [0.2, 0.25) is 0 Å². The molecule has 0 saturated heterocycles. The van der Waals surface area contributed by atoms with Crippen LogP contribution < -0.4 is 4.90 Å². The Bertz CT molecular complexity index is 1070. The molecule has 6 nitrogen and oxygen atoms in total. The standard InChI is InChI=1S/C16H11F5N2O4S/c17-10-6-9-2-1-5-22(15(9)12(18)7-10)13-4-3-11(8-14(13)23(24)25)28(26,27)16(19,20)21/h3-4,6-8H,1-2,5H2. The summed E-state index contributed by atoms with van der Waals surface area (Å²) in [5.74, 6) is -1.82. The second kappa shape index (κ2) is 6.69. The summed E-state index contributed by atoms with van der Waals surface area (Å²) in [5.41, 5.74) is -6.77. The summed E-state index contributed by atoms with van der Waals surface area (Å²) in [6.45, 7) is 0.0712. The van der Waals surface area contributed by atoms with E-state index in [2.05, 4.69) is 0 Å². The molecule has 1 aliphatic rings. The molecule has 0 aliphatic carbocycles. The van der Waals surface area contributed by atoms with Crippen LogP contribution in [0.5, 0.6) is 0 Å². The normalized spacial score (nSPS) is 14.7. The lowest BCUT2D eigenvalue weighted by molar-refractivity contribution is -0.384. The maximum Gasteiger partial charge on any atom is 0.501 e. The van der Waals surface area contributed by atoms with Crippen molar-refractivity contribution >= 4 is 26.9 Å². The zero-order chi connectivity index (χ0) is 20.9. The van der Waals surface area contributed by atoms with Gasteiger partial charge in [-0.05, 0) is 36.6 Å². The number of aryl methyl sites for hydroxylation is 1. The van der Waals surface area contributed by atoms with Crippen LogP contribution in [0.1, 0.15) is 12.0 Å². The summed E-state index contributed by atoms with van der Waals surface area (Å²) in [6.07, 6.45) is 0.671. The largest absolute Gasteiger partial charge is 0.501 e. The molecule has 2 aromatic rings. The number of nitrogens with zero attached hydrogens (tertiary/aromatic N) is 2. The quantitative estimate of drug-likeness (QED) is 0.420. The highest BCUT2D eigenvalue weighted by molar-refractivity contribution is 7.92. The first-order valence-electron chi connectivity index (χ1n) is 7.78. The van der Waals surface area contributed by atoms with Crippen LogP contribution >= 0.6 is 0 Å². The Balaban J connectivity index is 2.19. The van der Waals surface area contributed by atoms with E-state index in [1.165, 1.54) is 0 Å². The Morgan fingerprint density at radius 1 is 1.11 bits per heavy atom. The summed E-state index contributed by atoms with van der Waals surface area (Å²) >= 11 is 0. The second-order valence-corrected chi connectivity index (χ2v) is 7.95. The minimum atomic E-state index is -5.80. The minimum Gasteiger partial charge on any atom is -0.333 e. The Kier molecular flexibility index (Phi) is 4.77. The van der Waals surface area contributed by atoms with Gasteiger partial charge in [0.25, 0.3) is 15.5 Å². The van der Waals surface area contributed by atoms with Gasteiger partial charge in [0, 0.05) is 18.7 Å². The smallest absolute Gasteiger partial charge is 0.333 e. The third-order valence-electron chi connectivity index (χ3n) is 4.25. The average molecular weight is 422 g/mol. The van der Waals surface area contributed by atoms with E-state index in [-0.39, 0.29) is 29.5 Å². The van der Waals surface area contributed by atoms with Gasteiger partial charge in [-0.15, -0.1) is 0 Å².